The Morgan fingerprint density at radius 1 is 1.57 bits per heavy atom. The smallest absolute Gasteiger partial charge is 0.413 e. The average molecular weight is 304 g/mol. The molecule has 21 heavy (non-hydrogen) atoms. The van der Waals surface area contributed by atoms with Crippen LogP contribution in [0, 0.1) is 0 Å². The lowest BCUT2D eigenvalue weighted by Crippen LogP contribution is -2.29. The van der Waals surface area contributed by atoms with Gasteiger partial charge >= 0.3 is 6.09 Å². The molecule has 0 aliphatic carbocycles. The van der Waals surface area contributed by atoms with Crippen molar-refractivity contribution >= 4 is 22.6 Å². The first-order valence-corrected chi connectivity index (χ1v) is 7.51. The van der Waals surface area contributed by atoms with Crippen LogP contribution in [0.4, 0.5) is 9.93 Å². The molecule has 1 amide bonds. The fourth-order valence-corrected chi connectivity index (χ4v) is 3.36. The van der Waals surface area contributed by atoms with E-state index < -0.39 is 6.09 Å². The van der Waals surface area contributed by atoms with Crippen molar-refractivity contribution < 1.29 is 9.53 Å². The molecule has 0 radical (unpaired) electrons. The number of pyridine rings is 1. The molecule has 0 saturated carbocycles. The number of fused-ring (bicyclic) bond motifs is 1. The molecule has 6 nitrogen and oxygen atoms in total. The Kier molecular flexibility index (Phi) is 4.12. The van der Waals surface area contributed by atoms with Crippen LogP contribution in [-0.4, -0.2) is 34.6 Å². The number of ether oxygens (including phenoxy) is 1. The Bertz CT molecular complexity index is 629. The standard InChI is InChI=1S/C14H16N4O2S/c1-20-14(19)17-13-16-11-4-6-18(9-12(11)21-13)8-10-3-2-5-15-7-10/h2-3,5,7H,4,6,8-9H2,1H3,(H,16,17,19). The highest BCUT2D eigenvalue weighted by molar-refractivity contribution is 7.15. The first kappa shape index (κ1) is 14.0. The molecule has 7 heteroatoms. The molecule has 2 aromatic rings. The number of hydrogen-bond acceptors (Lipinski definition) is 6. The van der Waals surface area contributed by atoms with Crippen LogP contribution in [0.3, 0.4) is 0 Å². The van der Waals surface area contributed by atoms with E-state index >= 15 is 0 Å². The number of thiazole rings is 1. The number of hydrogen-bond donors (Lipinski definition) is 1. The van der Waals surface area contributed by atoms with Crippen molar-refractivity contribution in [1.29, 1.82) is 0 Å². The van der Waals surface area contributed by atoms with Crippen LogP contribution < -0.4 is 5.32 Å². The van der Waals surface area contributed by atoms with Gasteiger partial charge in [0.1, 0.15) is 0 Å². The number of methoxy groups -OCH3 is 1. The van der Waals surface area contributed by atoms with E-state index in [4.69, 9.17) is 0 Å². The van der Waals surface area contributed by atoms with Crippen LogP contribution in [-0.2, 0) is 24.2 Å². The van der Waals surface area contributed by atoms with Gasteiger partial charge in [-0.3, -0.25) is 15.2 Å². The summed E-state index contributed by atoms with van der Waals surface area (Å²) in [6.07, 6.45) is 4.10. The number of amides is 1. The van der Waals surface area contributed by atoms with Gasteiger partial charge in [-0.15, -0.1) is 0 Å². The van der Waals surface area contributed by atoms with E-state index in [9.17, 15) is 4.79 Å². The van der Waals surface area contributed by atoms with Crippen LogP contribution in [0.25, 0.3) is 0 Å². The number of carbonyl (C=O) groups excluding carboxylic acids is 1. The first-order chi connectivity index (χ1) is 10.2. The molecule has 0 aromatic carbocycles. The molecule has 0 saturated heterocycles. The van der Waals surface area contributed by atoms with Gasteiger partial charge in [0.25, 0.3) is 0 Å². The molecule has 0 unspecified atom stereocenters. The molecule has 2 aromatic heterocycles. The van der Waals surface area contributed by atoms with E-state index in [-0.39, 0.29) is 0 Å². The minimum atomic E-state index is -0.478. The summed E-state index contributed by atoms with van der Waals surface area (Å²) in [5.41, 5.74) is 2.28. The highest BCUT2D eigenvalue weighted by atomic mass is 32.1. The fraction of sp³-hybridized carbons (Fsp3) is 0.357. The minimum Gasteiger partial charge on any atom is -0.453 e. The van der Waals surface area contributed by atoms with Crippen molar-refractivity contribution in [2.45, 2.75) is 19.5 Å². The summed E-state index contributed by atoms with van der Waals surface area (Å²) in [6.45, 7) is 2.69. The zero-order valence-corrected chi connectivity index (χ0v) is 12.5. The lowest BCUT2D eigenvalue weighted by molar-refractivity contribution is 0.187. The second-order valence-electron chi connectivity index (χ2n) is 4.83. The molecule has 0 fully saturated rings. The second-order valence-corrected chi connectivity index (χ2v) is 5.91. The third-order valence-electron chi connectivity index (χ3n) is 3.33. The number of aromatic nitrogens is 2. The van der Waals surface area contributed by atoms with Gasteiger partial charge in [-0.2, -0.15) is 0 Å². The molecule has 3 heterocycles. The monoisotopic (exact) mass is 304 g/mol. The third kappa shape index (κ3) is 3.37. The Balaban J connectivity index is 1.66. The van der Waals surface area contributed by atoms with Crippen molar-refractivity contribution in [3.63, 3.8) is 0 Å². The predicted octanol–water partition coefficient (Wildman–Crippen LogP) is 2.27. The van der Waals surface area contributed by atoms with E-state index in [1.807, 2.05) is 12.3 Å². The van der Waals surface area contributed by atoms with Gasteiger partial charge in [-0.1, -0.05) is 17.4 Å². The summed E-state index contributed by atoms with van der Waals surface area (Å²) in [4.78, 5) is 23.4. The minimum absolute atomic E-state index is 0.478. The van der Waals surface area contributed by atoms with E-state index in [1.54, 1.807) is 6.20 Å². The third-order valence-corrected chi connectivity index (χ3v) is 4.33. The predicted molar refractivity (Wildman–Crippen MR) is 80.2 cm³/mol. The van der Waals surface area contributed by atoms with Crippen molar-refractivity contribution in [2.75, 3.05) is 19.0 Å². The Hall–Kier alpha value is -1.99. The summed E-state index contributed by atoms with van der Waals surface area (Å²) in [5, 5.41) is 3.24. The van der Waals surface area contributed by atoms with Gasteiger partial charge in [-0.05, 0) is 11.6 Å². The molecule has 1 N–H and O–H groups in total. The molecular formula is C14H16N4O2S. The maximum absolute atomic E-state index is 11.2. The lowest BCUT2D eigenvalue weighted by atomic mass is 10.1. The zero-order chi connectivity index (χ0) is 14.7. The summed E-state index contributed by atoms with van der Waals surface area (Å²) in [7, 11) is 1.35. The average Bonchev–Trinajstić information content (AvgIpc) is 2.89. The van der Waals surface area contributed by atoms with Gasteiger partial charge in [-0.25, -0.2) is 9.78 Å². The maximum Gasteiger partial charge on any atom is 0.413 e. The number of anilines is 1. The molecule has 1 aliphatic heterocycles. The number of carbonyl (C=O) groups is 1. The molecule has 0 bridgehead atoms. The van der Waals surface area contributed by atoms with Crippen LogP contribution in [0.5, 0.6) is 0 Å². The largest absolute Gasteiger partial charge is 0.453 e. The summed E-state index contributed by atoms with van der Waals surface area (Å²) < 4.78 is 4.59. The SMILES string of the molecule is COC(=O)Nc1nc2c(s1)CN(Cc1cccnc1)CC2. The van der Waals surface area contributed by atoms with Gasteiger partial charge in [0.05, 0.1) is 12.8 Å². The van der Waals surface area contributed by atoms with E-state index in [0.29, 0.717) is 5.13 Å². The van der Waals surface area contributed by atoms with Crippen molar-refractivity contribution in [3.05, 3.63) is 40.7 Å². The first-order valence-electron chi connectivity index (χ1n) is 6.69. The van der Waals surface area contributed by atoms with Crippen LogP contribution in [0.2, 0.25) is 0 Å². The molecule has 3 rings (SSSR count). The normalized spacial score (nSPS) is 14.5. The number of nitrogens with one attached hydrogen (secondary N) is 1. The molecule has 0 atom stereocenters. The molecule has 110 valence electrons. The Morgan fingerprint density at radius 3 is 3.24 bits per heavy atom. The van der Waals surface area contributed by atoms with Crippen molar-refractivity contribution in [3.8, 4) is 0 Å². The van der Waals surface area contributed by atoms with Crippen LogP contribution >= 0.6 is 11.3 Å². The van der Waals surface area contributed by atoms with E-state index in [2.05, 4.69) is 31.0 Å². The Morgan fingerprint density at radius 2 is 2.48 bits per heavy atom. The molecular weight excluding hydrogens is 288 g/mol. The highest BCUT2D eigenvalue weighted by Crippen LogP contribution is 2.28. The van der Waals surface area contributed by atoms with Crippen molar-refractivity contribution in [2.24, 2.45) is 0 Å². The summed E-state index contributed by atoms with van der Waals surface area (Å²) >= 11 is 1.51. The van der Waals surface area contributed by atoms with E-state index in [0.717, 1.165) is 31.7 Å². The van der Waals surface area contributed by atoms with Crippen LogP contribution in [0.15, 0.2) is 24.5 Å². The fourth-order valence-electron chi connectivity index (χ4n) is 2.32. The molecule has 1 aliphatic rings. The number of rotatable bonds is 3. The topological polar surface area (TPSA) is 67.3 Å². The quantitative estimate of drug-likeness (QED) is 0.942. The van der Waals surface area contributed by atoms with Crippen LogP contribution in [0.1, 0.15) is 16.1 Å². The highest BCUT2D eigenvalue weighted by Gasteiger charge is 2.21. The van der Waals surface area contributed by atoms with E-state index in [1.165, 1.54) is 28.9 Å². The molecule has 0 spiro atoms. The summed E-state index contributed by atoms with van der Waals surface area (Å²) in [6, 6.07) is 4.04. The lowest BCUT2D eigenvalue weighted by Gasteiger charge is -2.25. The van der Waals surface area contributed by atoms with Gasteiger partial charge < -0.3 is 4.74 Å². The van der Waals surface area contributed by atoms with Gasteiger partial charge in [0.15, 0.2) is 5.13 Å². The zero-order valence-electron chi connectivity index (χ0n) is 11.7. The Labute approximate surface area is 126 Å². The van der Waals surface area contributed by atoms with Gasteiger partial charge in [0, 0.05) is 43.3 Å². The summed E-state index contributed by atoms with van der Waals surface area (Å²) in [5.74, 6) is 0. The second kappa shape index (κ2) is 6.19. The number of nitrogens with zero attached hydrogens (tertiary/aromatic N) is 3. The maximum atomic E-state index is 11.2. The van der Waals surface area contributed by atoms with Crippen molar-refractivity contribution in [1.82, 2.24) is 14.9 Å². The van der Waals surface area contributed by atoms with Gasteiger partial charge in [0.2, 0.25) is 0 Å².